The number of carbonyl (C=O) groups excluding carboxylic acids is 1. The molecule has 3 nitrogen and oxygen atoms in total. The van der Waals surface area contributed by atoms with E-state index in [1.807, 2.05) is 0 Å². The standard InChI is InChI=1S/C5H4F4O3/c6-4(5(7,8)9)3(10)11-1-2-12-4/h1-2H2. The summed E-state index contributed by atoms with van der Waals surface area (Å²) in [6, 6.07) is 0. The first-order valence-electron chi connectivity index (χ1n) is 2.95. The second-order valence-corrected chi connectivity index (χ2v) is 2.08. The zero-order valence-electron chi connectivity index (χ0n) is 5.65. The van der Waals surface area contributed by atoms with Crippen LogP contribution in [0.2, 0.25) is 0 Å². The van der Waals surface area contributed by atoms with E-state index in [4.69, 9.17) is 0 Å². The van der Waals surface area contributed by atoms with Crippen LogP contribution < -0.4 is 0 Å². The van der Waals surface area contributed by atoms with Gasteiger partial charge >= 0.3 is 18.0 Å². The van der Waals surface area contributed by atoms with Crippen LogP contribution in [0.1, 0.15) is 0 Å². The molecule has 0 aromatic carbocycles. The molecule has 1 heterocycles. The predicted octanol–water partition coefficient (Wildman–Crippen LogP) is 0.788. The van der Waals surface area contributed by atoms with Crippen LogP contribution in [0, 0.1) is 0 Å². The Morgan fingerprint density at radius 2 is 1.92 bits per heavy atom. The van der Waals surface area contributed by atoms with Crippen molar-refractivity contribution in [2.75, 3.05) is 13.2 Å². The first kappa shape index (κ1) is 9.24. The summed E-state index contributed by atoms with van der Waals surface area (Å²) in [5.74, 6) is -6.33. The van der Waals surface area contributed by atoms with E-state index in [9.17, 15) is 22.4 Å². The van der Waals surface area contributed by atoms with Gasteiger partial charge < -0.3 is 9.47 Å². The van der Waals surface area contributed by atoms with Crippen LogP contribution in [-0.4, -0.2) is 31.2 Å². The van der Waals surface area contributed by atoms with Gasteiger partial charge in [0.1, 0.15) is 6.61 Å². The fraction of sp³-hybridized carbons (Fsp3) is 0.800. The van der Waals surface area contributed by atoms with Gasteiger partial charge in [-0.25, -0.2) is 4.79 Å². The van der Waals surface area contributed by atoms with Gasteiger partial charge in [0.2, 0.25) is 0 Å². The molecule has 1 saturated heterocycles. The molecule has 70 valence electrons. The number of esters is 1. The van der Waals surface area contributed by atoms with E-state index in [-0.39, 0.29) is 6.61 Å². The Bertz CT molecular complexity index is 201. The van der Waals surface area contributed by atoms with E-state index in [0.717, 1.165) is 0 Å². The van der Waals surface area contributed by atoms with Crippen molar-refractivity contribution in [3.05, 3.63) is 0 Å². The van der Waals surface area contributed by atoms with Gasteiger partial charge in [0.25, 0.3) is 0 Å². The van der Waals surface area contributed by atoms with E-state index in [1.54, 1.807) is 0 Å². The SMILES string of the molecule is O=C1OCCOC1(F)C(F)(F)F. The molecule has 0 amide bonds. The van der Waals surface area contributed by atoms with Crippen molar-refractivity contribution in [1.82, 2.24) is 0 Å². The molecule has 1 aliphatic heterocycles. The van der Waals surface area contributed by atoms with Crippen LogP contribution >= 0.6 is 0 Å². The summed E-state index contributed by atoms with van der Waals surface area (Å²) in [5, 5.41) is 0. The summed E-state index contributed by atoms with van der Waals surface area (Å²) in [6.07, 6.45) is -5.38. The molecule has 0 spiro atoms. The highest BCUT2D eigenvalue weighted by Crippen LogP contribution is 2.37. The van der Waals surface area contributed by atoms with Gasteiger partial charge in [-0.15, -0.1) is 0 Å². The molecule has 1 aliphatic rings. The number of cyclic esters (lactones) is 1. The van der Waals surface area contributed by atoms with Crippen molar-refractivity contribution in [2.24, 2.45) is 0 Å². The smallest absolute Gasteiger partial charge is 0.459 e. The quantitative estimate of drug-likeness (QED) is 0.416. The Morgan fingerprint density at radius 3 is 2.25 bits per heavy atom. The molecule has 0 N–H and O–H groups in total. The van der Waals surface area contributed by atoms with Crippen molar-refractivity contribution >= 4 is 5.97 Å². The van der Waals surface area contributed by atoms with E-state index in [2.05, 4.69) is 9.47 Å². The highest BCUT2D eigenvalue weighted by molar-refractivity contribution is 5.79. The Hall–Kier alpha value is -0.850. The van der Waals surface area contributed by atoms with Gasteiger partial charge in [-0.05, 0) is 0 Å². The molecule has 0 bridgehead atoms. The second kappa shape index (κ2) is 2.58. The summed E-state index contributed by atoms with van der Waals surface area (Å²) in [6.45, 7) is -0.956. The number of halogens is 4. The number of ether oxygens (including phenoxy) is 2. The molecule has 1 unspecified atom stereocenters. The zero-order chi connectivity index (χ0) is 9.41. The molecule has 0 aromatic rings. The lowest BCUT2D eigenvalue weighted by Crippen LogP contribution is -2.54. The average Bonchev–Trinajstić information content (AvgIpc) is 1.93. The van der Waals surface area contributed by atoms with E-state index >= 15 is 0 Å². The lowest BCUT2D eigenvalue weighted by molar-refractivity contribution is -0.337. The lowest BCUT2D eigenvalue weighted by Gasteiger charge is -2.28. The maximum absolute atomic E-state index is 12.7. The molecule has 7 heteroatoms. The maximum Gasteiger partial charge on any atom is 0.460 e. The fourth-order valence-corrected chi connectivity index (χ4v) is 0.666. The van der Waals surface area contributed by atoms with Gasteiger partial charge in [0.05, 0.1) is 6.61 Å². The Labute approximate surface area is 64.2 Å². The molecule has 0 aromatic heterocycles. The third-order valence-corrected chi connectivity index (χ3v) is 1.24. The Kier molecular flexibility index (Phi) is 1.99. The van der Waals surface area contributed by atoms with Gasteiger partial charge in [0.15, 0.2) is 0 Å². The van der Waals surface area contributed by atoms with Crippen LogP contribution in [0.15, 0.2) is 0 Å². The second-order valence-electron chi connectivity index (χ2n) is 2.08. The molecule has 0 radical (unpaired) electrons. The number of alkyl halides is 4. The topological polar surface area (TPSA) is 35.5 Å². The van der Waals surface area contributed by atoms with Gasteiger partial charge in [-0.2, -0.15) is 17.6 Å². The molecule has 1 rings (SSSR count). The largest absolute Gasteiger partial charge is 0.460 e. The van der Waals surface area contributed by atoms with Gasteiger partial charge in [0, 0.05) is 0 Å². The Balaban J connectivity index is 2.87. The van der Waals surface area contributed by atoms with Crippen LogP contribution in [0.25, 0.3) is 0 Å². The maximum atomic E-state index is 12.7. The molecule has 0 saturated carbocycles. The van der Waals surface area contributed by atoms with Crippen LogP contribution in [0.3, 0.4) is 0 Å². The summed E-state index contributed by atoms with van der Waals surface area (Å²) in [7, 11) is 0. The average molecular weight is 188 g/mol. The molecule has 1 fully saturated rings. The minimum absolute atomic E-state index is 0.361. The van der Waals surface area contributed by atoms with Crippen molar-refractivity contribution in [2.45, 2.75) is 12.0 Å². The van der Waals surface area contributed by atoms with E-state index in [1.165, 1.54) is 0 Å². The van der Waals surface area contributed by atoms with Gasteiger partial charge in [-0.3, -0.25) is 0 Å². The van der Waals surface area contributed by atoms with E-state index in [0.29, 0.717) is 0 Å². The third-order valence-electron chi connectivity index (χ3n) is 1.24. The third kappa shape index (κ3) is 1.24. The minimum atomic E-state index is -5.38. The normalized spacial score (nSPS) is 31.5. The molecular weight excluding hydrogens is 184 g/mol. The summed E-state index contributed by atoms with van der Waals surface area (Å²) >= 11 is 0. The molecule has 0 aliphatic carbocycles. The number of hydrogen-bond donors (Lipinski definition) is 0. The lowest BCUT2D eigenvalue weighted by atomic mass is 10.3. The first-order chi connectivity index (χ1) is 5.38. The van der Waals surface area contributed by atoms with Crippen LogP contribution in [0.5, 0.6) is 0 Å². The number of rotatable bonds is 0. The summed E-state index contributed by atoms with van der Waals surface area (Å²) < 4.78 is 55.5. The molecular formula is C5H4F4O3. The zero-order valence-corrected chi connectivity index (χ0v) is 5.65. The van der Waals surface area contributed by atoms with Crippen molar-refractivity contribution in [3.63, 3.8) is 0 Å². The van der Waals surface area contributed by atoms with Crippen molar-refractivity contribution < 1.29 is 31.8 Å². The summed E-state index contributed by atoms with van der Waals surface area (Å²) in [4.78, 5) is 10.3. The number of carbonyl (C=O) groups is 1. The highest BCUT2D eigenvalue weighted by atomic mass is 19.4. The molecule has 1 atom stereocenters. The summed E-state index contributed by atoms with van der Waals surface area (Å²) in [5.41, 5.74) is 0. The predicted molar refractivity (Wildman–Crippen MR) is 26.8 cm³/mol. The van der Waals surface area contributed by atoms with E-state index < -0.39 is 24.6 Å². The monoisotopic (exact) mass is 188 g/mol. The fourth-order valence-electron chi connectivity index (χ4n) is 0.666. The van der Waals surface area contributed by atoms with Crippen molar-refractivity contribution in [3.8, 4) is 0 Å². The van der Waals surface area contributed by atoms with Crippen LogP contribution in [-0.2, 0) is 14.3 Å². The number of hydrogen-bond acceptors (Lipinski definition) is 3. The van der Waals surface area contributed by atoms with Crippen LogP contribution in [0.4, 0.5) is 17.6 Å². The molecule has 12 heavy (non-hydrogen) atoms. The first-order valence-corrected chi connectivity index (χ1v) is 2.95. The Morgan fingerprint density at radius 1 is 1.33 bits per heavy atom. The van der Waals surface area contributed by atoms with Crippen molar-refractivity contribution in [1.29, 1.82) is 0 Å². The minimum Gasteiger partial charge on any atom is -0.459 e. The van der Waals surface area contributed by atoms with Gasteiger partial charge in [-0.1, -0.05) is 0 Å². The highest BCUT2D eigenvalue weighted by Gasteiger charge is 2.66.